The van der Waals surface area contributed by atoms with E-state index in [-0.39, 0.29) is 12.2 Å². The number of anilines is 1. The van der Waals surface area contributed by atoms with E-state index < -0.39 is 40.2 Å². The van der Waals surface area contributed by atoms with Gasteiger partial charge in [0, 0.05) is 18.1 Å². The first-order valence-electron chi connectivity index (χ1n) is 9.59. The molecule has 1 N–H and O–H groups in total. The van der Waals surface area contributed by atoms with Gasteiger partial charge in [-0.25, -0.2) is 12.8 Å². The number of carbonyl (C=O) groups excluding carboxylic acids is 2. The molecule has 0 unspecified atom stereocenters. The zero-order chi connectivity index (χ0) is 23.2. The molecule has 0 bridgehead atoms. The lowest BCUT2D eigenvalue weighted by Gasteiger charge is -2.31. The predicted octanol–water partition coefficient (Wildman–Crippen LogP) is 2.80. The summed E-state index contributed by atoms with van der Waals surface area (Å²) >= 11 is 6.22. The summed E-state index contributed by atoms with van der Waals surface area (Å²) in [5, 5.41) is 3.05. The van der Waals surface area contributed by atoms with Gasteiger partial charge in [-0.05, 0) is 37.6 Å². The Morgan fingerprint density at radius 2 is 1.74 bits per heavy atom. The van der Waals surface area contributed by atoms with Crippen molar-refractivity contribution in [2.45, 2.75) is 26.4 Å². The summed E-state index contributed by atoms with van der Waals surface area (Å²) in [5.41, 5.74) is 0.340. The van der Waals surface area contributed by atoms with Crippen LogP contribution in [-0.4, -0.2) is 50.5 Å². The van der Waals surface area contributed by atoms with E-state index in [1.807, 2.05) is 0 Å². The summed E-state index contributed by atoms with van der Waals surface area (Å²) in [7, 11) is -3.99. The first kappa shape index (κ1) is 24.6. The first-order chi connectivity index (χ1) is 14.6. The molecule has 2 rings (SSSR count). The van der Waals surface area contributed by atoms with E-state index in [9.17, 15) is 22.4 Å². The molecule has 168 valence electrons. The molecule has 2 amide bonds. The molecule has 0 aliphatic carbocycles. The molecule has 0 fully saturated rings. The number of nitrogens with one attached hydrogen (secondary N) is 1. The van der Waals surface area contributed by atoms with Gasteiger partial charge in [0.1, 0.15) is 18.4 Å². The second-order valence-corrected chi connectivity index (χ2v) is 9.22. The maximum absolute atomic E-state index is 14.3. The minimum atomic E-state index is -3.99. The highest BCUT2D eigenvalue weighted by molar-refractivity contribution is 7.92. The Labute approximate surface area is 186 Å². The fourth-order valence-electron chi connectivity index (χ4n) is 2.96. The van der Waals surface area contributed by atoms with Crippen LogP contribution < -0.4 is 9.62 Å². The number of para-hydroxylation sites is 1. The Hall–Kier alpha value is -2.65. The molecule has 0 saturated heterocycles. The molecule has 0 heterocycles. The molecule has 0 aliphatic heterocycles. The highest BCUT2D eigenvalue weighted by Crippen LogP contribution is 2.23. The van der Waals surface area contributed by atoms with E-state index in [0.29, 0.717) is 21.4 Å². The van der Waals surface area contributed by atoms with Crippen molar-refractivity contribution in [3.05, 3.63) is 64.9 Å². The normalized spacial score (nSPS) is 12.2. The average Bonchev–Trinajstić information content (AvgIpc) is 2.71. The van der Waals surface area contributed by atoms with Gasteiger partial charge in [0.05, 0.1) is 11.9 Å². The average molecular weight is 470 g/mol. The summed E-state index contributed by atoms with van der Waals surface area (Å²) < 4.78 is 39.7. The van der Waals surface area contributed by atoms with E-state index in [1.54, 1.807) is 31.2 Å². The molecule has 0 spiro atoms. The number of benzene rings is 2. The number of sulfonamides is 1. The molecule has 31 heavy (non-hydrogen) atoms. The Morgan fingerprint density at radius 1 is 1.13 bits per heavy atom. The fraction of sp³-hybridized carbons (Fsp3) is 0.333. The monoisotopic (exact) mass is 469 g/mol. The fourth-order valence-corrected chi connectivity index (χ4v) is 4.01. The van der Waals surface area contributed by atoms with Crippen molar-refractivity contribution < 1.29 is 22.4 Å². The van der Waals surface area contributed by atoms with E-state index >= 15 is 0 Å². The smallest absolute Gasteiger partial charge is 0.244 e. The standard InChI is InChI=1S/C21H25ClFN3O4S/c1-4-24-21(28)15(2)25(13-16-9-5-6-10-17(16)22)20(27)14-26(31(3,29)30)19-12-8-7-11-18(19)23/h5-12,15H,4,13-14H2,1-3H3,(H,24,28)/t15-/m1/s1. The van der Waals surface area contributed by atoms with Crippen LogP contribution in [0.3, 0.4) is 0 Å². The molecule has 2 aromatic rings. The Balaban J connectivity index is 2.41. The molecule has 10 heteroatoms. The van der Waals surface area contributed by atoms with E-state index in [0.717, 1.165) is 12.3 Å². The second kappa shape index (κ2) is 10.6. The van der Waals surface area contributed by atoms with Gasteiger partial charge >= 0.3 is 0 Å². The summed E-state index contributed by atoms with van der Waals surface area (Å²) in [5.74, 6) is -1.86. The van der Waals surface area contributed by atoms with Crippen LogP contribution in [0.4, 0.5) is 10.1 Å². The first-order valence-corrected chi connectivity index (χ1v) is 11.8. The van der Waals surface area contributed by atoms with Crippen molar-refractivity contribution in [2.75, 3.05) is 23.7 Å². The summed E-state index contributed by atoms with van der Waals surface area (Å²) in [6.07, 6.45) is 0.887. The van der Waals surface area contributed by atoms with Crippen LogP contribution in [0.1, 0.15) is 19.4 Å². The molecule has 2 aromatic carbocycles. The lowest BCUT2D eigenvalue weighted by atomic mass is 10.1. The number of hydrogen-bond donors (Lipinski definition) is 1. The predicted molar refractivity (Wildman–Crippen MR) is 119 cm³/mol. The highest BCUT2D eigenvalue weighted by Gasteiger charge is 2.31. The van der Waals surface area contributed by atoms with Crippen LogP contribution in [0, 0.1) is 5.82 Å². The Morgan fingerprint density at radius 3 is 2.32 bits per heavy atom. The Kier molecular flexibility index (Phi) is 8.41. The number of carbonyl (C=O) groups is 2. The van der Waals surface area contributed by atoms with E-state index in [1.165, 1.54) is 30.0 Å². The van der Waals surface area contributed by atoms with Crippen LogP contribution in [0.5, 0.6) is 0 Å². The Bertz CT molecular complexity index is 1050. The number of rotatable bonds is 9. The van der Waals surface area contributed by atoms with Crippen LogP contribution in [0.15, 0.2) is 48.5 Å². The SMILES string of the molecule is CCNC(=O)[C@@H](C)N(Cc1ccccc1Cl)C(=O)CN(c1ccccc1F)S(C)(=O)=O. The van der Waals surface area contributed by atoms with Gasteiger partial charge in [-0.2, -0.15) is 0 Å². The second-order valence-electron chi connectivity index (χ2n) is 6.90. The van der Waals surface area contributed by atoms with Crippen LogP contribution in [0.25, 0.3) is 0 Å². The van der Waals surface area contributed by atoms with Gasteiger partial charge in [0.2, 0.25) is 21.8 Å². The van der Waals surface area contributed by atoms with Crippen molar-refractivity contribution in [3.8, 4) is 0 Å². The van der Waals surface area contributed by atoms with Gasteiger partial charge in [-0.1, -0.05) is 41.9 Å². The third-order valence-electron chi connectivity index (χ3n) is 4.62. The quantitative estimate of drug-likeness (QED) is 0.611. The zero-order valence-electron chi connectivity index (χ0n) is 17.5. The molecule has 0 aliphatic rings. The largest absolute Gasteiger partial charge is 0.355 e. The van der Waals surface area contributed by atoms with Crippen molar-refractivity contribution in [2.24, 2.45) is 0 Å². The number of amides is 2. The molecular formula is C21H25ClFN3O4S. The number of nitrogens with zero attached hydrogens (tertiary/aromatic N) is 2. The van der Waals surface area contributed by atoms with Gasteiger partial charge in [0.25, 0.3) is 0 Å². The molecule has 1 atom stereocenters. The molecule has 0 radical (unpaired) electrons. The van der Waals surface area contributed by atoms with Gasteiger partial charge in [-0.15, -0.1) is 0 Å². The van der Waals surface area contributed by atoms with Crippen LogP contribution in [0.2, 0.25) is 5.02 Å². The van der Waals surface area contributed by atoms with Crippen molar-refractivity contribution in [1.82, 2.24) is 10.2 Å². The molecular weight excluding hydrogens is 445 g/mol. The molecule has 0 aromatic heterocycles. The number of likely N-dealkylation sites (N-methyl/N-ethyl adjacent to an activating group) is 1. The van der Waals surface area contributed by atoms with E-state index in [4.69, 9.17) is 11.6 Å². The summed E-state index contributed by atoms with van der Waals surface area (Å²) in [4.78, 5) is 26.9. The number of hydrogen-bond acceptors (Lipinski definition) is 4. The topological polar surface area (TPSA) is 86.8 Å². The lowest BCUT2D eigenvalue weighted by molar-refractivity contribution is -0.139. The third-order valence-corrected chi connectivity index (χ3v) is 6.11. The van der Waals surface area contributed by atoms with Gasteiger partial charge < -0.3 is 10.2 Å². The highest BCUT2D eigenvalue weighted by atomic mass is 35.5. The van der Waals surface area contributed by atoms with Crippen molar-refractivity contribution in [3.63, 3.8) is 0 Å². The summed E-state index contributed by atoms with van der Waals surface area (Å²) in [6, 6.07) is 11.2. The van der Waals surface area contributed by atoms with Gasteiger partial charge in [-0.3, -0.25) is 13.9 Å². The minimum absolute atomic E-state index is 0.0221. The maximum Gasteiger partial charge on any atom is 0.244 e. The third kappa shape index (κ3) is 6.41. The van der Waals surface area contributed by atoms with E-state index in [2.05, 4.69) is 5.32 Å². The zero-order valence-corrected chi connectivity index (χ0v) is 19.1. The molecule has 7 nitrogen and oxygen atoms in total. The lowest BCUT2D eigenvalue weighted by Crippen LogP contribution is -2.51. The van der Waals surface area contributed by atoms with Crippen LogP contribution >= 0.6 is 11.6 Å². The summed E-state index contributed by atoms with van der Waals surface area (Å²) in [6.45, 7) is 2.95. The number of halogens is 2. The van der Waals surface area contributed by atoms with Crippen molar-refractivity contribution in [1.29, 1.82) is 0 Å². The van der Waals surface area contributed by atoms with Gasteiger partial charge in [0.15, 0.2) is 0 Å². The van der Waals surface area contributed by atoms with Crippen molar-refractivity contribution >= 4 is 39.1 Å². The van der Waals surface area contributed by atoms with Crippen LogP contribution in [-0.2, 0) is 26.2 Å². The minimum Gasteiger partial charge on any atom is -0.355 e. The molecule has 0 saturated carbocycles. The maximum atomic E-state index is 14.3.